The van der Waals surface area contributed by atoms with E-state index in [1.807, 2.05) is 0 Å². The molecule has 9 nitrogen and oxygen atoms in total. The minimum Gasteiger partial charge on any atom is -0.491 e. The molecule has 27 heavy (non-hydrogen) atoms. The smallest absolute Gasteiger partial charge is 0.342 e. The summed E-state index contributed by atoms with van der Waals surface area (Å²) < 4.78 is 7.43. The van der Waals surface area contributed by atoms with Crippen LogP contribution in [-0.4, -0.2) is 42.6 Å². The first-order chi connectivity index (χ1) is 13.0. The average molecular weight is 369 g/mol. The van der Waals surface area contributed by atoms with Crippen LogP contribution in [0.15, 0.2) is 41.6 Å². The molecule has 0 atom stereocenters. The maximum absolute atomic E-state index is 11.9. The zero-order valence-corrected chi connectivity index (χ0v) is 14.9. The van der Waals surface area contributed by atoms with Crippen molar-refractivity contribution in [1.82, 2.24) is 25.0 Å². The monoisotopic (exact) mass is 369 g/mol. The molecule has 3 rings (SSSR count). The van der Waals surface area contributed by atoms with Gasteiger partial charge in [0, 0.05) is 11.8 Å². The molecule has 0 bridgehead atoms. The Balaban J connectivity index is 1.98. The Bertz CT molecular complexity index is 995. The third kappa shape index (κ3) is 4.20. The van der Waals surface area contributed by atoms with Crippen molar-refractivity contribution in [2.24, 2.45) is 5.92 Å². The first-order valence-corrected chi connectivity index (χ1v) is 8.42. The molecule has 1 aromatic carbocycles. The summed E-state index contributed by atoms with van der Waals surface area (Å²) in [5.74, 6) is 0.0584. The number of carbonyl (C=O) groups is 1. The van der Waals surface area contributed by atoms with Gasteiger partial charge in [-0.3, -0.25) is 4.79 Å². The number of ether oxygens (including phenoxy) is 1. The van der Waals surface area contributed by atoms with Crippen LogP contribution in [0.25, 0.3) is 17.1 Å². The maximum atomic E-state index is 11.9. The Morgan fingerprint density at radius 1 is 1.37 bits per heavy atom. The van der Waals surface area contributed by atoms with Gasteiger partial charge in [0.05, 0.1) is 19.0 Å². The lowest BCUT2D eigenvalue weighted by molar-refractivity contribution is 0.0694. The Morgan fingerprint density at radius 2 is 2.19 bits per heavy atom. The van der Waals surface area contributed by atoms with Gasteiger partial charge in [0.25, 0.3) is 5.56 Å². The number of aromatic amines is 1. The molecule has 0 saturated carbocycles. The number of nitrogens with zero attached hydrogens (tertiary/aromatic N) is 4. The highest BCUT2D eigenvalue weighted by Crippen LogP contribution is 2.27. The van der Waals surface area contributed by atoms with E-state index in [0.717, 1.165) is 12.6 Å². The molecule has 0 radical (unpaired) electrons. The molecule has 0 amide bonds. The van der Waals surface area contributed by atoms with Gasteiger partial charge in [-0.05, 0) is 30.5 Å². The number of rotatable bonds is 7. The molecule has 2 heterocycles. The number of carboxylic acids is 1. The maximum Gasteiger partial charge on any atom is 0.342 e. The van der Waals surface area contributed by atoms with Crippen LogP contribution in [0, 0.1) is 5.92 Å². The van der Waals surface area contributed by atoms with Crippen LogP contribution in [0.2, 0.25) is 0 Å². The molecule has 9 heteroatoms. The van der Waals surface area contributed by atoms with E-state index < -0.39 is 17.1 Å². The highest BCUT2D eigenvalue weighted by Gasteiger charge is 2.14. The van der Waals surface area contributed by atoms with Gasteiger partial charge in [0.2, 0.25) is 0 Å². The van der Waals surface area contributed by atoms with E-state index in [0.29, 0.717) is 29.5 Å². The van der Waals surface area contributed by atoms with E-state index in [1.165, 1.54) is 0 Å². The van der Waals surface area contributed by atoms with Crippen LogP contribution in [0.5, 0.6) is 5.75 Å². The molecular weight excluding hydrogens is 350 g/mol. The topological polar surface area (TPSA) is 123 Å². The highest BCUT2D eigenvalue weighted by atomic mass is 16.5. The van der Waals surface area contributed by atoms with Gasteiger partial charge in [0.1, 0.15) is 22.8 Å². The molecule has 0 fully saturated rings. The second-order valence-electron chi connectivity index (χ2n) is 6.34. The van der Waals surface area contributed by atoms with Gasteiger partial charge in [-0.25, -0.2) is 14.5 Å². The van der Waals surface area contributed by atoms with Crippen LogP contribution in [0.3, 0.4) is 0 Å². The normalized spacial score (nSPS) is 10.9. The lowest BCUT2D eigenvalue weighted by atomic mass is 10.1. The molecule has 2 aromatic heterocycles. The zero-order valence-electron chi connectivity index (χ0n) is 14.9. The number of hydrogen-bond donors (Lipinski definition) is 2. The molecule has 2 N–H and O–H groups in total. The second kappa shape index (κ2) is 7.81. The first kappa shape index (κ1) is 18.3. The SMILES string of the molecule is CC(C)CCOc1ccc(-c2ncc(C(=O)O)c(=O)[nH]2)cc1-n1ccnn1. The predicted octanol–water partition coefficient (Wildman–Crippen LogP) is 2.14. The minimum atomic E-state index is -1.33. The highest BCUT2D eigenvalue weighted by molar-refractivity contribution is 5.86. The zero-order chi connectivity index (χ0) is 19.4. The van der Waals surface area contributed by atoms with E-state index in [-0.39, 0.29) is 5.82 Å². The van der Waals surface area contributed by atoms with Gasteiger partial charge in [-0.2, -0.15) is 0 Å². The van der Waals surface area contributed by atoms with E-state index in [1.54, 1.807) is 35.3 Å². The third-order valence-electron chi connectivity index (χ3n) is 3.88. The number of aromatic carboxylic acids is 1. The summed E-state index contributed by atoms with van der Waals surface area (Å²) in [6.45, 7) is 4.79. The van der Waals surface area contributed by atoms with Crippen LogP contribution in [0.1, 0.15) is 30.6 Å². The number of nitrogens with one attached hydrogen (secondary N) is 1. The van der Waals surface area contributed by atoms with Gasteiger partial charge in [-0.1, -0.05) is 19.1 Å². The Hall–Kier alpha value is -3.49. The predicted molar refractivity (Wildman–Crippen MR) is 97.1 cm³/mol. The van der Waals surface area contributed by atoms with Gasteiger partial charge < -0.3 is 14.8 Å². The molecule has 0 aliphatic rings. The molecule has 0 aliphatic heterocycles. The second-order valence-corrected chi connectivity index (χ2v) is 6.34. The summed E-state index contributed by atoms with van der Waals surface area (Å²) in [5, 5.41) is 16.8. The van der Waals surface area contributed by atoms with Crippen molar-refractivity contribution in [1.29, 1.82) is 0 Å². The van der Waals surface area contributed by atoms with Crippen molar-refractivity contribution in [2.45, 2.75) is 20.3 Å². The van der Waals surface area contributed by atoms with E-state index in [2.05, 4.69) is 34.1 Å². The first-order valence-electron chi connectivity index (χ1n) is 8.42. The summed E-state index contributed by atoms with van der Waals surface area (Å²) in [5.41, 5.74) is 0.0976. The van der Waals surface area contributed by atoms with Crippen LogP contribution >= 0.6 is 0 Å². The fourth-order valence-corrected chi connectivity index (χ4v) is 2.40. The van der Waals surface area contributed by atoms with Crippen molar-refractivity contribution >= 4 is 5.97 Å². The van der Waals surface area contributed by atoms with Gasteiger partial charge in [0.15, 0.2) is 0 Å². The lowest BCUT2D eigenvalue weighted by Gasteiger charge is -2.13. The Morgan fingerprint density at radius 3 is 2.81 bits per heavy atom. The quantitative estimate of drug-likeness (QED) is 0.654. The number of aromatic nitrogens is 5. The van der Waals surface area contributed by atoms with E-state index in [4.69, 9.17) is 9.84 Å². The molecule has 0 unspecified atom stereocenters. The minimum absolute atomic E-state index is 0.250. The number of benzene rings is 1. The number of hydrogen-bond acceptors (Lipinski definition) is 6. The van der Waals surface area contributed by atoms with Crippen LogP contribution in [0.4, 0.5) is 0 Å². The van der Waals surface area contributed by atoms with Crippen molar-refractivity contribution < 1.29 is 14.6 Å². The van der Waals surface area contributed by atoms with Crippen molar-refractivity contribution in [3.8, 4) is 22.8 Å². The summed E-state index contributed by atoms with van der Waals surface area (Å²) in [6.07, 6.45) is 5.17. The molecular formula is C18H19N5O4. The molecule has 0 saturated heterocycles. The summed E-state index contributed by atoms with van der Waals surface area (Å²) in [7, 11) is 0. The third-order valence-corrected chi connectivity index (χ3v) is 3.88. The van der Waals surface area contributed by atoms with Gasteiger partial charge in [-0.15, -0.1) is 5.10 Å². The van der Waals surface area contributed by atoms with Crippen LogP contribution in [-0.2, 0) is 0 Å². The molecule has 3 aromatic rings. The molecule has 140 valence electrons. The number of carboxylic acid groups (broad SMARTS) is 1. The summed E-state index contributed by atoms with van der Waals surface area (Å²) >= 11 is 0. The Labute approximate surface area is 154 Å². The van der Waals surface area contributed by atoms with Gasteiger partial charge >= 0.3 is 5.97 Å². The summed E-state index contributed by atoms with van der Waals surface area (Å²) in [6, 6.07) is 5.25. The molecule has 0 aliphatic carbocycles. The Kier molecular flexibility index (Phi) is 5.30. The summed E-state index contributed by atoms with van der Waals surface area (Å²) in [4.78, 5) is 29.4. The fourth-order valence-electron chi connectivity index (χ4n) is 2.40. The number of H-pyrrole nitrogens is 1. The lowest BCUT2D eigenvalue weighted by Crippen LogP contribution is -2.18. The standard InChI is InChI=1S/C18H19N5O4/c1-11(2)5-8-27-15-4-3-12(9-14(15)23-7-6-20-22-23)16-19-10-13(18(25)26)17(24)21-16/h3-4,6-7,9-11H,5,8H2,1-2H3,(H,25,26)(H,19,21,24). The molecule has 0 spiro atoms. The van der Waals surface area contributed by atoms with Crippen LogP contribution < -0.4 is 10.3 Å². The average Bonchev–Trinajstić information content (AvgIpc) is 3.15. The van der Waals surface area contributed by atoms with Crippen molar-refractivity contribution in [3.05, 3.63) is 52.7 Å². The van der Waals surface area contributed by atoms with Crippen molar-refractivity contribution in [2.75, 3.05) is 6.61 Å². The largest absolute Gasteiger partial charge is 0.491 e. The fraction of sp³-hybridized carbons (Fsp3) is 0.278. The van der Waals surface area contributed by atoms with Crippen molar-refractivity contribution in [3.63, 3.8) is 0 Å². The van der Waals surface area contributed by atoms with E-state index in [9.17, 15) is 9.59 Å². The van der Waals surface area contributed by atoms with E-state index >= 15 is 0 Å².